The van der Waals surface area contributed by atoms with Gasteiger partial charge in [-0.15, -0.1) is 0 Å². The van der Waals surface area contributed by atoms with Gasteiger partial charge in [0.05, 0.1) is 0 Å². The Morgan fingerprint density at radius 2 is 1.63 bits per heavy atom. The van der Waals surface area contributed by atoms with E-state index in [2.05, 4.69) is 64.2 Å². The van der Waals surface area contributed by atoms with Crippen molar-refractivity contribution in [2.24, 2.45) is 5.92 Å². The fourth-order valence-corrected chi connectivity index (χ4v) is 2.60. The van der Waals surface area contributed by atoms with Crippen molar-refractivity contribution < 1.29 is 0 Å². The van der Waals surface area contributed by atoms with E-state index in [9.17, 15) is 0 Å². The first-order valence-corrected chi connectivity index (χ1v) is 7.85. The monoisotopic (exact) mass is 261 g/mol. The molecule has 0 radical (unpaired) electrons. The van der Waals surface area contributed by atoms with Gasteiger partial charge in [0.2, 0.25) is 0 Å². The van der Waals surface area contributed by atoms with Crippen LogP contribution in [-0.2, 0) is 6.42 Å². The fraction of sp³-hybridized carbons (Fsp3) is 0.667. The van der Waals surface area contributed by atoms with E-state index in [-0.39, 0.29) is 0 Å². The van der Waals surface area contributed by atoms with E-state index in [1.807, 2.05) is 0 Å². The van der Waals surface area contributed by atoms with E-state index >= 15 is 0 Å². The summed E-state index contributed by atoms with van der Waals surface area (Å²) in [6.07, 6.45) is 3.66. The Hall–Kier alpha value is -0.820. The molecule has 0 spiro atoms. The number of benzene rings is 1. The van der Waals surface area contributed by atoms with Gasteiger partial charge in [0.25, 0.3) is 0 Å². The predicted molar refractivity (Wildman–Crippen MR) is 85.8 cm³/mol. The molecule has 0 heterocycles. The quantitative estimate of drug-likeness (QED) is 0.711. The van der Waals surface area contributed by atoms with Crippen LogP contribution >= 0.6 is 0 Å². The highest BCUT2D eigenvalue weighted by molar-refractivity contribution is 5.24. The van der Waals surface area contributed by atoms with Gasteiger partial charge in [-0.25, -0.2) is 0 Å². The lowest BCUT2D eigenvalue weighted by molar-refractivity contribution is 0.420. The third-order valence-corrected chi connectivity index (χ3v) is 3.73. The molecule has 1 N–H and O–H groups in total. The Kier molecular flexibility index (Phi) is 7.15. The van der Waals surface area contributed by atoms with Crippen molar-refractivity contribution in [2.75, 3.05) is 6.54 Å². The maximum Gasteiger partial charge on any atom is 0.00413 e. The number of nitrogens with one attached hydrogen (secondary N) is 1. The zero-order valence-electron chi connectivity index (χ0n) is 13.4. The highest BCUT2D eigenvalue weighted by Gasteiger charge is 2.09. The average Bonchev–Trinajstić information content (AvgIpc) is 2.36. The lowest BCUT2D eigenvalue weighted by Gasteiger charge is -2.18. The number of hydrogen-bond acceptors (Lipinski definition) is 1. The molecule has 1 nitrogen and oxygen atoms in total. The summed E-state index contributed by atoms with van der Waals surface area (Å²) in [5.74, 6) is 1.37. The van der Waals surface area contributed by atoms with E-state index in [0.29, 0.717) is 12.0 Å². The summed E-state index contributed by atoms with van der Waals surface area (Å²) in [6.45, 7) is 12.5. The second-order valence-electron chi connectivity index (χ2n) is 6.30. The zero-order chi connectivity index (χ0) is 14.3. The topological polar surface area (TPSA) is 12.0 Å². The normalized spacial score (nSPS) is 14.6. The van der Waals surface area contributed by atoms with Crippen molar-refractivity contribution in [3.05, 3.63) is 35.4 Å². The molecule has 0 saturated heterocycles. The van der Waals surface area contributed by atoms with Gasteiger partial charge in [-0.3, -0.25) is 0 Å². The minimum absolute atomic E-state index is 0.629. The van der Waals surface area contributed by atoms with Crippen LogP contribution < -0.4 is 5.32 Å². The summed E-state index contributed by atoms with van der Waals surface area (Å²) in [5, 5.41) is 3.57. The van der Waals surface area contributed by atoms with Crippen LogP contribution in [0.2, 0.25) is 0 Å². The predicted octanol–water partition coefficient (Wildman–Crippen LogP) is 4.77. The molecule has 1 rings (SSSR count). The standard InChI is InChI=1S/C18H31N/c1-6-11-19-16(5)12-15(4)13-17-7-9-18(10-8-17)14(2)3/h7-10,14-16,19H,6,11-13H2,1-5H3. The average molecular weight is 261 g/mol. The molecule has 0 amide bonds. The van der Waals surface area contributed by atoms with Crippen molar-refractivity contribution in [1.82, 2.24) is 5.32 Å². The highest BCUT2D eigenvalue weighted by Crippen LogP contribution is 2.18. The first kappa shape index (κ1) is 16.2. The third kappa shape index (κ3) is 6.24. The smallest absolute Gasteiger partial charge is 0.00413 e. The van der Waals surface area contributed by atoms with Gasteiger partial charge in [0, 0.05) is 6.04 Å². The van der Waals surface area contributed by atoms with Gasteiger partial charge in [-0.2, -0.15) is 0 Å². The van der Waals surface area contributed by atoms with Crippen LogP contribution in [0.25, 0.3) is 0 Å². The Bertz CT molecular complexity index is 339. The molecule has 0 aliphatic rings. The SMILES string of the molecule is CCCNC(C)CC(C)Cc1ccc(C(C)C)cc1. The second-order valence-corrected chi connectivity index (χ2v) is 6.30. The Balaban J connectivity index is 2.41. The number of hydrogen-bond donors (Lipinski definition) is 1. The van der Waals surface area contributed by atoms with Crippen LogP contribution in [0.15, 0.2) is 24.3 Å². The Morgan fingerprint density at radius 3 is 2.16 bits per heavy atom. The van der Waals surface area contributed by atoms with Crippen LogP contribution in [0.1, 0.15) is 64.5 Å². The van der Waals surface area contributed by atoms with Gasteiger partial charge < -0.3 is 5.32 Å². The molecule has 1 aromatic rings. The van der Waals surface area contributed by atoms with Crippen molar-refractivity contribution >= 4 is 0 Å². The van der Waals surface area contributed by atoms with Crippen LogP contribution in [0.3, 0.4) is 0 Å². The molecule has 1 aromatic carbocycles. The minimum Gasteiger partial charge on any atom is -0.314 e. The maximum atomic E-state index is 3.57. The second kappa shape index (κ2) is 8.37. The van der Waals surface area contributed by atoms with E-state index in [4.69, 9.17) is 0 Å². The maximum absolute atomic E-state index is 3.57. The molecular formula is C18H31N. The summed E-state index contributed by atoms with van der Waals surface area (Å²) >= 11 is 0. The molecular weight excluding hydrogens is 230 g/mol. The Morgan fingerprint density at radius 1 is 1.00 bits per heavy atom. The van der Waals surface area contributed by atoms with Gasteiger partial charge in [0.1, 0.15) is 0 Å². The summed E-state index contributed by atoms with van der Waals surface area (Å²) in [4.78, 5) is 0. The molecule has 0 aliphatic carbocycles. The number of rotatable bonds is 8. The highest BCUT2D eigenvalue weighted by atomic mass is 14.9. The van der Waals surface area contributed by atoms with Crippen LogP contribution in [0.5, 0.6) is 0 Å². The van der Waals surface area contributed by atoms with E-state index < -0.39 is 0 Å². The first-order valence-electron chi connectivity index (χ1n) is 7.85. The molecule has 2 unspecified atom stereocenters. The summed E-state index contributed by atoms with van der Waals surface area (Å²) in [5.41, 5.74) is 2.91. The van der Waals surface area contributed by atoms with Crippen molar-refractivity contribution in [3.8, 4) is 0 Å². The van der Waals surface area contributed by atoms with E-state index in [1.54, 1.807) is 0 Å². The summed E-state index contributed by atoms with van der Waals surface area (Å²) < 4.78 is 0. The molecule has 0 aromatic heterocycles. The van der Waals surface area contributed by atoms with Crippen molar-refractivity contribution in [2.45, 2.75) is 65.8 Å². The molecule has 19 heavy (non-hydrogen) atoms. The molecule has 0 saturated carbocycles. The van der Waals surface area contributed by atoms with Crippen molar-refractivity contribution in [3.63, 3.8) is 0 Å². The van der Waals surface area contributed by atoms with Gasteiger partial charge >= 0.3 is 0 Å². The molecule has 108 valence electrons. The zero-order valence-corrected chi connectivity index (χ0v) is 13.4. The molecule has 0 aliphatic heterocycles. The van der Waals surface area contributed by atoms with Gasteiger partial charge in [-0.1, -0.05) is 52.0 Å². The lowest BCUT2D eigenvalue weighted by Crippen LogP contribution is -2.28. The molecule has 2 atom stereocenters. The van der Waals surface area contributed by atoms with Crippen LogP contribution in [0.4, 0.5) is 0 Å². The largest absolute Gasteiger partial charge is 0.314 e. The van der Waals surface area contributed by atoms with E-state index in [1.165, 1.54) is 30.4 Å². The summed E-state index contributed by atoms with van der Waals surface area (Å²) in [6, 6.07) is 9.80. The third-order valence-electron chi connectivity index (χ3n) is 3.73. The Labute approximate surface area is 119 Å². The van der Waals surface area contributed by atoms with Gasteiger partial charge in [0.15, 0.2) is 0 Å². The molecule has 1 heteroatoms. The van der Waals surface area contributed by atoms with Crippen LogP contribution in [0, 0.1) is 5.92 Å². The van der Waals surface area contributed by atoms with Crippen LogP contribution in [-0.4, -0.2) is 12.6 Å². The van der Waals surface area contributed by atoms with E-state index in [0.717, 1.165) is 12.5 Å². The first-order chi connectivity index (χ1) is 9.02. The van der Waals surface area contributed by atoms with Gasteiger partial charge in [-0.05, 0) is 55.7 Å². The minimum atomic E-state index is 0.629. The fourth-order valence-electron chi connectivity index (χ4n) is 2.60. The van der Waals surface area contributed by atoms with Crippen molar-refractivity contribution in [1.29, 1.82) is 0 Å². The molecule has 0 fully saturated rings. The molecule has 0 bridgehead atoms. The summed E-state index contributed by atoms with van der Waals surface area (Å²) in [7, 11) is 0. The lowest BCUT2D eigenvalue weighted by atomic mass is 9.93.